The van der Waals surface area contributed by atoms with E-state index >= 15 is 0 Å². The number of thiocarbonyl (C=S) groups is 1. The fraction of sp³-hybridized carbons (Fsp3) is 0.207. The summed E-state index contributed by atoms with van der Waals surface area (Å²) in [4.78, 5) is 18.9. The zero-order valence-electron chi connectivity index (χ0n) is 21.0. The largest absolute Gasteiger partial charge is 0.459 e. The first-order chi connectivity index (χ1) is 18.2. The first kappa shape index (κ1) is 26.2. The molecule has 194 valence electrons. The van der Waals surface area contributed by atoms with Crippen molar-refractivity contribution >= 4 is 57.8 Å². The van der Waals surface area contributed by atoms with Crippen LogP contribution in [0.25, 0.3) is 11.3 Å². The second-order valence-electron chi connectivity index (χ2n) is 9.47. The normalized spacial score (nSPS) is 17.1. The molecule has 1 aliphatic heterocycles. The van der Waals surface area contributed by atoms with Crippen molar-refractivity contribution < 1.29 is 9.21 Å². The summed E-state index contributed by atoms with van der Waals surface area (Å²) >= 11 is 18.2. The van der Waals surface area contributed by atoms with Crippen LogP contribution in [0.2, 0.25) is 10.0 Å². The summed E-state index contributed by atoms with van der Waals surface area (Å²) in [5.74, 6) is 1.23. The zero-order chi connectivity index (χ0) is 27.0. The molecule has 2 aromatic carbocycles. The van der Waals surface area contributed by atoms with Crippen LogP contribution in [0, 0.1) is 12.8 Å². The Morgan fingerprint density at radius 3 is 2.58 bits per heavy atom. The summed E-state index contributed by atoms with van der Waals surface area (Å²) in [5, 5.41) is 7.93. The number of pyridine rings is 1. The maximum atomic E-state index is 12.3. The van der Waals surface area contributed by atoms with E-state index < -0.39 is 0 Å². The molecule has 0 bridgehead atoms. The molecule has 1 amide bonds. The molecule has 0 aliphatic carbocycles. The number of hydrogen-bond acceptors (Lipinski definition) is 4. The van der Waals surface area contributed by atoms with Gasteiger partial charge in [-0.25, -0.2) is 0 Å². The number of benzene rings is 2. The zero-order valence-corrected chi connectivity index (χ0v) is 23.4. The predicted molar refractivity (Wildman–Crippen MR) is 157 cm³/mol. The van der Waals surface area contributed by atoms with Crippen LogP contribution in [-0.4, -0.2) is 16.0 Å². The van der Waals surface area contributed by atoms with Crippen molar-refractivity contribution in [2.24, 2.45) is 5.92 Å². The van der Waals surface area contributed by atoms with Gasteiger partial charge < -0.3 is 20.0 Å². The Morgan fingerprint density at radius 2 is 1.89 bits per heavy atom. The highest BCUT2D eigenvalue weighted by atomic mass is 35.5. The number of hydrogen-bond donors (Lipinski definition) is 2. The lowest BCUT2D eigenvalue weighted by Crippen LogP contribution is -2.29. The Kier molecular flexibility index (Phi) is 7.43. The van der Waals surface area contributed by atoms with Gasteiger partial charge in [0.2, 0.25) is 5.91 Å². The average molecular weight is 566 g/mol. The van der Waals surface area contributed by atoms with E-state index in [4.69, 9.17) is 39.8 Å². The van der Waals surface area contributed by atoms with Crippen molar-refractivity contribution in [2.75, 3.05) is 10.2 Å². The maximum absolute atomic E-state index is 12.3. The third kappa shape index (κ3) is 5.14. The summed E-state index contributed by atoms with van der Waals surface area (Å²) in [6.07, 6.45) is 1.76. The Morgan fingerprint density at radius 1 is 1.08 bits per heavy atom. The monoisotopic (exact) mass is 564 g/mol. The van der Waals surface area contributed by atoms with Crippen LogP contribution < -0.4 is 15.5 Å². The van der Waals surface area contributed by atoms with Crippen molar-refractivity contribution in [3.05, 3.63) is 100.0 Å². The highest BCUT2D eigenvalue weighted by molar-refractivity contribution is 7.80. The first-order valence-corrected chi connectivity index (χ1v) is 13.4. The van der Waals surface area contributed by atoms with Crippen LogP contribution in [0.1, 0.15) is 42.9 Å². The van der Waals surface area contributed by atoms with Gasteiger partial charge in [0.25, 0.3) is 0 Å². The molecule has 5 rings (SSSR count). The van der Waals surface area contributed by atoms with Gasteiger partial charge in [0.1, 0.15) is 17.6 Å². The molecule has 3 heterocycles. The smallest absolute Gasteiger partial charge is 0.226 e. The Bertz CT molecular complexity index is 1510. The molecule has 2 unspecified atom stereocenters. The summed E-state index contributed by atoms with van der Waals surface area (Å²) in [5.41, 5.74) is 4.23. The molecule has 1 fully saturated rings. The molecule has 0 spiro atoms. The number of carbonyl (C=O) groups excluding carboxylic acids is 1. The van der Waals surface area contributed by atoms with Crippen molar-refractivity contribution in [3.8, 4) is 11.3 Å². The summed E-state index contributed by atoms with van der Waals surface area (Å²) in [7, 11) is 0. The van der Waals surface area contributed by atoms with Crippen LogP contribution in [-0.2, 0) is 4.79 Å². The molecule has 0 saturated carbocycles. The Balaban J connectivity index is 1.55. The number of nitrogens with zero attached hydrogens (tertiary/aromatic N) is 2. The molecule has 6 nitrogen and oxygen atoms in total. The minimum absolute atomic E-state index is 0.0299. The van der Waals surface area contributed by atoms with Crippen molar-refractivity contribution in [3.63, 3.8) is 0 Å². The van der Waals surface area contributed by atoms with E-state index in [1.165, 1.54) is 0 Å². The molecule has 2 N–H and O–H groups in total. The third-order valence-electron chi connectivity index (χ3n) is 6.49. The van der Waals surface area contributed by atoms with Gasteiger partial charge in [-0.05, 0) is 85.4 Å². The van der Waals surface area contributed by atoms with Gasteiger partial charge >= 0.3 is 0 Å². The van der Waals surface area contributed by atoms with Crippen LogP contribution in [0.3, 0.4) is 0 Å². The molecule has 0 radical (unpaired) electrons. The van der Waals surface area contributed by atoms with Crippen LogP contribution in [0.5, 0.6) is 0 Å². The van der Waals surface area contributed by atoms with Gasteiger partial charge in [0.05, 0.1) is 21.8 Å². The number of amides is 1. The molecular weight excluding hydrogens is 539 g/mol. The van der Waals surface area contributed by atoms with Crippen LogP contribution in [0.4, 0.5) is 11.4 Å². The number of furan rings is 1. The maximum Gasteiger partial charge on any atom is 0.226 e. The van der Waals surface area contributed by atoms with Gasteiger partial charge in [-0.3, -0.25) is 9.78 Å². The molecule has 2 atom stereocenters. The second kappa shape index (κ2) is 10.8. The van der Waals surface area contributed by atoms with E-state index in [2.05, 4.69) is 15.6 Å². The van der Waals surface area contributed by atoms with Crippen LogP contribution >= 0.6 is 35.4 Å². The third-order valence-corrected chi connectivity index (χ3v) is 7.54. The minimum Gasteiger partial charge on any atom is -0.459 e. The number of nitrogens with one attached hydrogen (secondary N) is 2. The summed E-state index contributed by atoms with van der Waals surface area (Å²) in [6, 6.07) is 20.4. The average Bonchev–Trinajstić information content (AvgIpc) is 3.52. The van der Waals surface area contributed by atoms with Crippen molar-refractivity contribution in [1.29, 1.82) is 0 Å². The quantitative estimate of drug-likeness (QED) is 0.233. The summed E-state index contributed by atoms with van der Waals surface area (Å²) < 4.78 is 6.41. The van der Waals surface area contributed by atoms with Gasteiger partial charge in [-0.15, -0.1) is 0 Å². The molecule has 1 aliphatic rings. The van der Waals surface area contributed by atoms with E-state index in [9.17, 15) is 4.79 Å². The number of aromatic nitrogens is 1. The van der Waals surface area contributed by atoms with Gasteiger partial charge in [0.15, 0.2) is 5.11 Å². The van der Waals surface area contributed by atoms with Crippen molar-refractivity contribution in [2.45, 2.75) is 32.9 Å². The second-order valence-corrected chi connectivity index (χ2v) is 10.7. The number of rotatable bonds is 6. The number of carbonyl (C=O) groups is 1. The number of halogens is 2. The lowest BCUT2D eigenvalue weighted by atomic mass is 10.0. The van der Waals surface area contributed by atoms with Crippen LogP contribution in [0.15, 0.2) is 77.3 Å². The number of aryl methyl sites for hydroxylation is 1. The van der Waals surface area contributed by atoms with Gasteiger partial charge in [0, 0.05) is 29.1 Å². The Hall–Kier alpha value is -3.39. The van der Waals surface area contributed by atoms with E-state index in [0.29, 0.717) is 26.7 Å². The van der Waals surface area contributed by atoms with E-state index in [1.54, 1.807) is 18.3 Å². The fourth-order valence-electron chi connectivity index (χ4n) is 4.45. The standard InChI is InChI=1S/C29H26Cl2N4O2S/c1-16(2)28(36)33-22-10-8-19(14-17(22)3)35-27(26(34-29(35)38)23-6-4-5-13-32-23)25-12-11-24(37-25)18-7-9-20(30)21(31)15-18/h4-16,26-27H,1-3H3,(H,33,36)(H,34,38). The molecule has 38 heavy (non-hydrogen) atoms. The minimum atomic E-state index is -0.315. The first-order valence-electron chi connectivity index (χ1n) is 12.2. The lowest BCUT2D eigenvalue weighted by molar-refractivity contribution is -0.118. The molecular formula is C29H26Cl2N4O2S. The molecule has 2 aromatic heterocycles. The fourth-order valence-corrected chi connectivity index (χ4v) is 5.10. The van der Waals surface area contributed by atoms with Gasteiger partial charge in [-0.1, -0.05) is 43.1 Å². The van der Waals surface area contributed by atoms with E-state index in [1.807, 2.05) is 80.3 Å². The summed E-state index contributed by atoms with van der Waals surface area (Å²) in [6.45, 7) is 5.70. The molecule has 9 heteroatoms. The topological polar surface area (TPSA) is 70.4 Å². The molecule has 1 saturated heterocycles. The molecule has 4 aromatic rings. The Labute approximate surface area is 237 Å². The SMILES string of the molecule is Cc1cc(N2C(=S)NC(c3ccccn3)C2c2ccc(-c3ccc(Cl)c(Cl)c3)o2)ccc1NC(=O)C(C)C. The van der Waals surface area contributed by atoms with Gasteiger partial charge in [-0.2, -0.15) is 0 Å². The highest BCUT2D eigenvalue weighted by Crippen LogP contribution is 2.43. The van der Waals surface area contributed by atoms with E-state index in [0.717, 1.165) is 28.2 Å². The predicted octanol–water partition coefficient (Wildman–Crippen LogP) is 7.73. The highest BCUT2D eigenvalue weighted by Gasteiger charge is 2.42. The lowest BCUT2D eigenvalue weighted by Gasteiger charge is -2.27. The van der Waals surface area contributed by atoms with E-state index in [-0.39, 0.29) is 23.9 Å². The van der Waals surface area contributed by atoms with Crippen molar-refractivity contribution in [1.82, 2.24) is 10.3 Å². The number of anilines is 2.